The van der Waals surface area contributed by atoms with Crippen molar-refractivity contribution in [3.05, 3.63) is 52.3 Å². The highest BCUT2D eigenvalue weighted by atomic mass is 32.2. The van der Waals surface area contributed by atoms with E-state index < -0.39 is 4.92 Å². The maximum atomic E-state index is 10.5. The maximum absolute atomic E-state index is 10.5. The molecule has 0 aliphatic carbocycles. The second-order valence-electron chi connectivity index (χ2n) is 3.72. The molecular formula is C12H12N4O2S. The van der Waals surface area contributed by atoms with Crippen LogP contribution in [0, 0.1) is 10.1 Å². The molecule has 19 heavy (non-hydrogen) atoms. The molecule has 0 saturated heterocycles. The van der Waals surface area contributed by atoms with E-state index >= 15 is 0 Å². The van der Waals surface area contributed by atoms with Crippen LogP contribution in [-0.2, 0) is 6.54 Å². The molecule has 2 rings (SSSR count). The summed E-state index contributed by atoms with van der Waals surface area (Å²) in [5, 5.41) is 14.6. The van der Waals surface area contributed by atoms with Crippen molar-refractivity contribution in [2.75, 3.05) is 11.6 Å². The van der Waals surface area contributed by atoms with Gasteiger partial charge in [-0.1, -0.05) is 12.1 Å². The molecule has 0 aliphatic heterocycles. The fourth-order valence-corrected chi connectivity index (χ4v) is 1.86. The summed E-state index contributed by atoms with van der Waals surface area (Å²) in [7, 11) is 0. The summed E-state index contributed by atoms with van der Waals surface area (Å²) in [5.74, 6) is 0.734. The van der Waals surface area contributed by atoms with Crippen molar-refractivity contribution in [2.24, 2.45) is 0 Å². The fraction of sp³-hybridized carbons (Fsp3) is 0.167. The van der Waals surface area contributed by atoms with Gasteiger partial charge in [0.1, 0.15) is 17.2 Å². The minimum absolute atomic E-state index is 0.0930. The lowest BCUT2D eigenvalue weighted by molar-refractivity contribution is -0.384. The molecule has 0 bridgehead atoms. The zero-order valence-corrected chi connectivity index (χ0v) is 11.1. The summed E-state index contributed by atoms with van der Waals surface area (Å²) in [6.45, 7) is 0.558. The fourth-order valence-electron chi connectivity index (χ4n) is 1.48. The maximum Gasteiger partial charge on any atom is 0.269 e. The molecule has 1 aromatic carbocycles. The van der Waals surface area contributed by atoms with Crippen molar-refractivity contribution in [1.82, 2.24) is 9.97 Å². The summed E-state index contributed by atoms with van der Waals surface area (Å²) < 4.78 is 0. The molecule has 98 valence electrons. The average Bonchev–Trinajstić information content (AvgIpc) is 2.46. The topological polar surface area (TPSA) is 81.0 Å². The molecule has 0 fully saturated rings. The van der Waals surface area contributed by atoms with Crippen LogP contribution in [0.4, 0.5) is 11.5 Å². The standard InChI is InChI=1S/C12H12N4O2S/c1-19-12-6-11(14-8-15-12)13-7-9-2-4-10(5-3-9)16(17)18/h2-6,8H,7H2,1H3,(H,13,14,15). The number of thioether (sulfide) groups is 1. The van der Waals surface area contributed by atoms with Gasteiger partial charge in [-0.2, -0.15) is 0 Å². The molecule has 0 radical (unpaired) electrons. The number of aromatic nitrogens is 2. The number of rotatable bonds is 5. The van der Waals surface area contributed by atoms with Gasteiger partial charge in [0.15, 0.2) is 0 Å². The molecule has 1 N–H and O–H groups in total. The number of non-ortho nitro benzene ring substituents is 1. The van der Waals surface area contributed by atoms with E-state index in [1.165, 1.54) is 18.5 Å². The van der Waals surface area contributed by atoms with Crippen LogP contribution >= 0.6 is 11.8 Å². The minimum Gasteiger partial charge on any atom is -0.366 e. The van der Waals surface area contributed by atoms with Crippen molar-refractivity contribution in [3.63, 3.8) is 0 Å². The Bertz CT molecular complexity index is 574. The third-order valence-electron chi connectivity index (χ3n) is 2.47. The second kappa shape index (κ2) is 6.14. The monoisotopic (exact) mass is 276 g/mol. The van der Waals surface area contributed by atoms with E-state index in [2.05, 4.69) is 15.3 Å². The van der Waals surface area contributed by atoms with Crippen molar-refractivity contribution >= 4 is 23.3 Å². The number of hydrogen-bond acceptors (Lipinski definition) is 6. The predicted molar refractivity (Wildman–Crippen MR) is 74.2 cm³/mol. The van der Waals surface area contributed by atoms with Gasteiger partial charge in [0.25, 0.3) is 5.69 Å². The van der Waals surface area contributed by atoms with Gasteiger partial charge in [0.2, 0.25) is 0 Å². The van der Waals surface area contributed by atoms with Gasteiger partial charge in [-0.3, -0.25) is 10.1 Å². The van der Waals surface area contributed by atoms with Gasteiger partial charge >= 0.3 is 0 Å². The first-order chi connectivity index (χ1) is 9.19. The second-order valence-corrected chi connectivity index (χ2v) is 4.55. The Morgan fingerprint density at radius 1 is 1.32 bits per heavy atom. The molecule has 1 aromatic heterocycles. The Morgan fingerprint density at radius 3 is 2.68 bits per heavy atom. The van der Waals surface area contributed by atoms with E-state index in [9.17, 15) is 10.1 Å². The SMILES string of the molecule is CSc1cc(NCc2ccc([N+](=O)[O-])cc2)ncn1. The highest BCUT2D eigenvalue weighted by molar-refractivity contribution is 7.98. The van der Waals surface area contributed by atoms with Crippen LogP contribution in [0.25, 0.3) is 0 Å². The van der Waals surface area contributed by atoms with E-state index in [1.54, 1.807) is 23.9 Å². The zero-order valence-electron chi connectivity index (χ0n) is 10.2. The van der Waals surface area contributed by atoms with Gasteiger partial charge in [0, 0.05) is 24.7 Å². The third-order valence-corrected chi connectivity index (χ3v) is 3.11. The Kier molecular flexibility index (Phi) is 4.30. The van der Waals surface area contributed by atoms with Gasteiger partial charge in [0.05, 0.1) is 4.92 Å². The molecule has 0 atom stereocenters. The minimum atomic E-state index is -0.410. The Hall–Kier alpha value is -2.15. The van der Waals surface area contributed by atoms with E-state index in [0.29, 0.717) is 6.54 Å². The van der Waals surface area contributed by atoms with Crippen molar-refractivity contribution in [2.45, 2.75) is 11.6 Å². The number of anilines is 1. The first-order valence-corrected chi connectivity index (χ1v) is 6.75. The quantitative estimate of drug-likeness (QED) is 0.391. The van der Waals surface area contributed by atoms with E-state index in [-0.39, 0.29) is 5.69 Å². The number of nitrogens with zero attached hydrogens (tertiary/aromatic N) is 3. The van der Waals surface area contributed by atoms with Crippen LogP contribution in [0.5, 0.6) is 0 Å². The molecule has 6 nitrogen and oxygen atoms in total. The number of hydrogen-bond donors (Lipinski definition) is 1. The van der Waals surface area contributed by atoms with Crippen LogP contribution in [0.15, 0.2) is 41.7 Å². The molecule has 0 aliphatic rings. The Balaban J connectivity index is 1.99. The van der Waals surface area contributed by atoms with Gasteiger partial charge in [-0.25, -0.2) is 9.97 Å². The van der Waals surface area contributed by atoms with Crippen molar-refractivity contribution < 1.29 is 4.92 Å². The highest BCUT2D eigenvalue weighted by Gasteiger charge is 2.04. The molecule has 2 aromatic rings. The smallest absolute Gasteiger partial charge is 0.269 e. The summed E-state index contributed by atoms with van der Waals surface area (Å²) in [6, 6.07) is 8.29. The summed E-state index contributed by atoms with van der Waals surface area (Å²) in [4.78, 5) is 18.3. The Morgan fingerprint density at radius 2 is 2.05 bits per heavy atom. The molecule has 7 heteroatoms. The van der Waals surface area contributed by atoms with Crippen LogP contribution in [0.2, 0.25) is 0 Å². The van der Waals surface area contributed by atoms with Crippen LogP contribution in [-0.4, -0.2) is 21.1 Å². The van der Waals surface area contributed by atoms with Gasteiger partial charge in [-0.05, 0) is 11.8 Å². The summed E-state index contributed by atoms with van der Waals surface area (Å²) in [5.41, 5.74) is 1.05. The van der Waals surface area contributed by atoms with Gasteiger partial charge in [-0.15, -0.1) is 11.8 Å². The summed E-state index contributed by atoms with van der Waals surface area (Å²) in [6.07, 6.45) is 3.45. The third kappa shape index (κ3) is 3.65. The number of benzene rings is 1. The predicted octanol–water partition coefficient (Wildman–Crippen LogP) is 2.72. The number of nitro groups is 1. The van der Waals surface area contributed by atoms with E-state index in [0.717, 1.165) is 16.4 Å². The lowest BCUT2D eigenvalue weighted by Crippen LogP contribution is -2.02. The average molecular weight is 276 g/mol. The molecular weight excluding hydrogens is 264 g/mol. The first-order valence-electron chi connectivity index (χ1n) is 5.52. The lowest BCUT2D eigenvalue weighted by Gasteiger charge is -2.06. The van der Waals surface area contributed by atoms with Crippen LogP contribution in [0.3, 0.4) is 0 Å². The highest BCUT2D eigenvalue weighted by Crippen LogP contribution is 2.15. The lowest BCUT2D eigenvalue weighted by atomic mass is 10.2. The van der Waals surface area contributed by atoms with Crippen LogP contribution in [0.1, 0.15) is 5.56 Å². The van der Waals surface area contributed by atoms with Crippen LogP contribution < -0.4 is 5.32 Å². The largest absolute Gasteiger partial charge is 0.366 e. The normalized spacial score (nSPS) is 10.2. The van der Waals surface area contributed by atoms with Crippen molar-refractivity contribution in [1.29, 1.82) is 0 Å². The number of nitrogens with one attached hydrogen (secondary N) is 1. The molecule has 0 amide bonds. The van der Waals surface area contributed by atoms with Crippen molar-refractivity contribution in [3.8, 4) is 0 Å². The first kappa shape index (κ1) is 13.3. The van der Waals surface area contributed by atoms with Gasteiger partial charge < -0.3 is 5.32 Å². The summed E-state index contributed by atoms with van der Waals surface area (Å²) >= 11 is 1.54. The number of nitro benzene ring substituents is 1. The molecule has 0 unspecified atom stereocenters. The van der Waals surface area contributed by atoms with E-state index in [4.69, 9.17) is 0 Å². The molecule has 0 spiro atoms. The molecule has 0 saturated carbocycles. The zero-order chi connectivity index (χ0) is 13.7. The van der Waals surface area contributed by atoms with E-state index in [1.807, 2.05) is 12.3 Å². The molecule has 1 heterocycles. The Labute approximate surface area is 114 Å².